The van der Waals surface area contributed by atoms with Gasteiger partial charge in [-0.05, 0) is 57.5 Å². The Kier molecular flexibility index (Phi) is 6.11. The number of para-hydroxylation sites is 1. The molecule has 29 heavy (non-hydrogen) atoms. The molecule has 0 bridgehead atoms. The summed E-state index contributed by atoms with van der Waals surface area (Å²) in [6.45, 7) is 10.5. The number of piperazine rings is 1. The first-order valence-electron chi connectivity index (χ1n) is 9.93. The molecule has 1 aliphatic heterocycles. The minimum atomic E-state index is -0.575. The molecule has 0 spiro atoms. The molecule has 1 heterocycles. The number of amides is 2. The molecule has 6 nitrogen and oxygen atoms in total. The topological polar surface area (TPSA) is 61.9 Å². The molecule has 0 atom stereocenters. The van der Waals surface area contributed by atoms with Crippen molar-refractivity contribution in [3.8, 4) is 0 Å². The summed E-state index contributed by atoms with van der Waals surface area (Å²) < 4.78 is 5.27. The van der Waals surface area contributed by atoms with Gasteiger partial charge < -0.3 is 14.5 Å². The van der Waals surface area contributed by atoms with E-state index in [2.05, 4.69) is 29.3 Å². The summed E-state index contributed by atoms with van der Waals surface area (Å²) in [5, 5.41) is 2.69. The molecule has 0 aromatic heterocycles. The van der Waals surface area contributed by atoms with E-state index >= 15 is 0 Å². The van der Waals surface area contributed by atoms with Crippen LogP contribution >= 0.6 is 0 Å². The van der Waals surface area contributed by atoms with Gasteiger partial charge in [-0.3, -0.25) is 10.1 Å². The molecule has 2 aromatic rings. The Hall–Kier alpha value is -3.02. The third kappa shape index (κ3) is 5.50. The second-order valence-corrected chi connectivity index (χ2v) is 8.27. The maximum atomic E-state index is 12.9. The molecule has 3 rings (SSSR count). The Labute approximate surface area is 172 Å². The molecule has 1 aliphatic rings. The zero-order chi connectivity index (χ0) is 21.0. The Morgan fingerprint density at radius 3 is 2.31 bits per heavy atom. The van der Waals surface area contributed by atoms with Crippen molar-refractivity contribution < 1.29 is 14.3 Å². The van der Waals surface area contributed by atoms with Crippen LogP contribution in [0.15, 0.2) is 48.5 Å². The highest BCUT2D eigenvalue weighted by Gasteiger charge is 2.23. The van der Waals surface area contributed by atoms with Crippen LogP contribution in [0.1, 0.15) is 36.7 Å². The number of nitrogens with one attached hydrogen (secondary N) is 1. The summed E-state index contributed by atoms with van der Waals surface area (Å²) in [7, 11) is 0. The van der Waals surface area contributed by atoms with Crippen LogP contribution in [0.25, 0.3) is 0 Å². The van der Waals surface area contributed by atoms with E-state index in [4.69, 9.17) is 4.74 Å². The maximum absolute atomic E-state index is 12.9. The second kappa shape index (κ2) is 8.55. The fraction of sp³-hybridized carbons (Fsp3) is 0.391. The first-order chi connectivity index (χ1) is 13.7. The zero-order valence-electron chi connectivity index (χ0n) is 17.6. The van der Waals surface area contributed by atoms with E-state index < -0.39 is 11.7 Å². The Bertz CT molecular complexity index is 881. The molecule has 0 aliphatic carbocycles. The highest BCUT2D eigenvalue weighted by molar-refractivity contribution is 5.96. The molecule has 1 saturated heterocycles. The molecule has 1 fully saturated rings. The van der Waals surface area contributed by atoms with Crippen molar-refractivity contribution >= 4 is 23.4 Å². The van der Waals surface area contributed by atoms with Crippen LogP contribution in [0.4, 0.5) is 16.2 Å². The van der Waals surface area contributed by atoms with E-state index in [1.54, 1.807) is 24.3 Å². The van der Waals surface area contributed by atoms with Gasteiger partial charge in [0.25, 0.3) is 5.91 Å². The number of anilines is 2. The number of nitrogens with zero attached hydrogens (tertiary/aromatic N) is 2. The summed E-state index contributed by atoms with van der Waals surface area (Å²) in [5.41, 5.74) is 3.00. The smallest absolute Gasteiger partial charge is 0.412 e. The summed E-state index contributed by atoms with van der Waals surface area (Å²) in [5.74, 6) is -0.0257. The average Bonchev–Trinajstić information content (AvgIpc) is 2.67. The molecule has 1 N–H and O–H groups in total. The zero-order valence-corrected chi connectivity index (χ0v) is 17.6. The van der Waals surface area contributed by atoms with E-state index in [0.717, 1.165) is 13.1 Å². The number of carbonyl (C=O) groups excluding carboxylic acids is 2. The van der Waals surface area contributed by atoms with Crippen molar-refractivity contribution in [3.05, 3.63) is 59.7 Å². The lowest BCUT2D eigenvalue weighted by Gasteiger charge is -2.36. The van der Waals surface area contributed by atoms with Crippen LogP contribution in [-0.2, 0) is 4.74 Å². The Morgan fingerprint density at radius 1 is 0.966 bits per heavy atom. The average molecular weight is 396 g/mol. The van der Waals surface area contributed by atoms with Gasteiger partial charge in [-0.1, -0.05) is 24.3 Å². The Balaban J connectivity index is 1.61. The number of aryl methyl sites for hydroxylation is 1. The predicted molar refractivity (Wildman–Crippen MR) is 116 cm³/mol. The second-order valence-electron chi connectivity index (χ2n) is 8.27. The van der Waals surface area contributed by atoms with E-state index in [1.807, 2.05) is 37.8 Å². The monoisotopic (exact) mass is 395 g/mol. The van der Waals surface area contributed by atoms with Crippen LogP contribution in [0.2, 0.25) is 0 Å². The summed E-state index contributed by atoms with van der Waals surface area (Å²) >= 11 is 0. The lowest BCUT2D eigenvalue weighted by Crippen LogP contribution is -2.49. The largest absolute Gasteiger partial charge is 0.444 e. The molecule has 0 radical (unpaired) electrons. The number of hydrogen-bond acceptors (Lipinski definition) is 4. The van der Waals surface area contributed by atoms with Crippen LogP contribution in [-0.4, -0.2) is 48.7 Å². The highest BCUT2D eigenvalue weighted by atomic mass is 16.6. The van der Waals surface area contributed by atoms with Crippen LogP contribution in [0.5, 0.6) is 0 Å². The number of rotatable bonds is 3. The molecule has 2 aromatic carbocycles. The minimum absolute atomic E-state index is 0.0257. The van der Waals surface area contributed by atoms with Crippen molar-refractivity contribution in [3.63, 3.8) is 0 Å². The van der Waals surface area contributed by atoms with Crippen molar-refractivity contribution in [1.82, 2.24) is 4.90 Å². The van der Waals surface area contributed by atoms with E-state index in [1.165, 1.54) is 11.3 Å². The van der Waals surface area contributed by atoms with Gasteiger partial charge in [0.2, 0.25) is 0 Å². The van der Waals surface area contributed by atoms with E-state index in [0.29, 0.717) is 24.3 Å². The molecule has 0 unspecified atom stereocenters. The quantitative estimate of drug-likeness (QED) is 0.841. The van der Waals surface area contributed by atoms with Gasteiger partial charge in [0.15, 0.2) is 0 Å². The number of hydrogen-bond donors (Lipinski definition) is 1. The van der Waals surface area contributed by atoms with Gasteiger partial charge in [0.1, 0.15) is 5.60 Å². The molecular weight excluding hydrogens is 366 g/mol. The van der Waals surface area contributed by atoms with Crippen molar-refractivity contribution in [1.29, 1.82) is 0 Å². The predicted octanol–water partition coefficient (Wildman–Crippen LogP) is 4.30. The molecule has 6 heteroatoms. The highest BCUT2D eigenvalue weighted by Crippen LogP contribution is 2.22. The van der Waals surface area contributed by atoms with Gasteiger partial charge in [0.05, 0.1) is 0 Å². The fourth-order valence-corrected chi connectivity index (χ4v) is 3.40. The summed E-state index contributed by atoms with van der Waals surface area (Å²) in [6.07, 6.45) is -0.533. The summed E-state index contributed by atoms with van der Waals surface area (Å²) in [4.78, 5) is 29.1. The van der Waals surface area contributed by atoms with Crippen molar-refractivity contribution in [2.75, 3.05) is 36.4 Å². The third-order valence-electron chi connectivity index (χ3n) is 4.78. The van der Waals surface area contributed by atoms with Crippen molar-refractivity contribution in [2.24, 2.45) is 0 Å². The lowest BCUT2D eigenvalue weighted by atomic mass is 10.1. The molecule has 2 amide bonds. The van der Waals surface area contributed by atoms with Crippen LogP contribution < -0.4 is 10.2 Å². The van der Waals surface area contributed by atoms with Crippen LogP contribution in [0.3, 0.4) is 0 Å². The van der Waals surface area contributed by atoms with Crippen LogP contribution in [0, 0.1) is 6.92 Å². The molecule has 0 saturated carbocycles. The third-order valence-corrected chi connectivity index (χ3v) is 4.78. The van der Waals surface area contributed by atoms with Gasteiger partial charge in [-0.15, -0.1) is 0 Å². The SMILES string of the molecule is Cc1ccccc1N1CCN(C(=O)c2cccc(NC(=O)OC(C)(C)C)c2)CC1. The van der Waals surface area contributed by atoms with Gasteiger partial charge in [-0.25, -0.2) is 4.79 Å². The summed E-state index contributed by atoms with van der Waals surface area (Å²) in [6, 6.07) is 15.3. The van der Waals surface area contributed by atoms with Gasteiger partial charge in [-0.2, -0.15) is 0 Å². The number of ether oxygens (including phenoxy) is 1. The first-order valence-corrected chi connectivity index (χ1v) is 9.93. The standard InChI is InChI=1S/C23H29N3O3/c1-17-8-5-6-11-20(17)25-12-14-26(15-13-25)21(27)18-9-7-10-19(16-18)24-22(28)29-23(2,3)4/h5-11,16H,12-15H2,1-4H3,(H,24,28). The van der Waals surface area contributed by atoms with Gasteiger partial charge >= 0.3 is 6.09 Å². The molecular formula is C23H29N3O3. The van der Waals surface area contributed by atoms with Crippen molar-refractivity contribution in [2.45, 2.75) is 33.3 Å². The van der Waals surface area contributed by atoms with Gasteiger partial charge in [0, 0.05) is 43.1 Å². The Morgan fingerprint density at radius 2 is 1.66 bits per heavy atom. The first kappa shape index (κ1) is 20.7. The van der Waals surface area contributed by atoms with E-state index in [9.17, 15) is 9.59 Å². The maximum Gasteiger partial charge on any atom is 0.412 e. The normalized spacial score (nSPS) is 14.5. The van der Waals surface area contributed by atoms with E-state index in [-0.39, 0.29) is 5.91 Å². The number of benzene rings is 2. The molecule has 154 valence electrons. The minimum Gasteiger partial charge on any atom is -0.444 e. The fourth-order valence-electron chi connectivity index (χ4n) is 3.40. The lowest BCUT2D eigenvalue weighted by molar-refractivity contribution is 0.0634. The number of carbonyl (C=O) groups is 2.